The molecule has 4 heterocycles. The first-order valence-electron chi connectivity index (χ1n) is 9.68. The highest BCUT2D eigenvalue weighted by Gasteiger charge is 2.48. The monoisotopic (exact) mass is 393 g/mol. The van der Waals surface area contributed by atoms with Crippen LogP contribution in [0.25, 0.3) is 0 Å². The molecule has 4 rings (SSSR count). The third kappa shape index (κ3) is 3.51. The number of fused-ring (bicyclic) bond motifs is 1. The van der Waals surface area contributed by atoms with E-state index < -0.39 is 12.2 Å². The normalized spacial score (nSPS) is 21.0. The number of hydrogen-bond donors (Lipinski definition) is 2. The van der Waals surface area contributed by atoms with Crippen molar-refractivity contribution in [1.82, 2.24) is 25.1 Å². The average Bonchev–Trinajstić information content (AvgIpc) is 3.19. The molecule has 0 aliphatic carbocycles. The van der Waals surface area contributed by atoms with Crippen LogP contribution in [0, 0.1) is 0 Å². The van der Waals surface area contributed by atoms with Gasteiger partial charge in [0.1, 0.15) is 17.7 Å². The van der Waals surface area contributed by atoms with Gasteiger partial charge in [-0.2, -0.15) is 0 Å². The van der Waals surface area contributed by atoms with E-state index in [0.29, 0.717) is 25.5 Å². The van der Waals surface area contributed by atoms with Gasteiger partial charge in [-0.05, 0) is 37.6 Å². The van der Waals surface area contributed by atoms with Crippen LogP contribution in [0.3, 0.4) is 0 Å². The number of rotatable bonds is 6. The van der Waals surface area contributed by atoms with Crippen LogP contribution in [0.2, 0.25) is 0 Å². The Bertz CT molecular complexity index is 930. The van der Waals surface area contributed by atoms with E-state index in [4.69, 9.17) is 0 Å². The van der Waals surface area contributed by atoms with E-state index >= 15 is 0 Å². The molecule has 29 heavy (non-hydrogen) atoms. The fourth-order valence-electron chi connectivity index (χ4n) is 3.54. The summed E-state index contributed by atoms with van der Waals surface area (Å²) in [6, 6.07) is 6.78. The van der Waals surface area contributed by atoms with Crippen LogP contribution in [0.15, 0.2) is 47.8 Å². The second-order valence-corrected chi connectivity index (χ2v) is 6.81. The molecule has 2 atom stereocenters. The van der Waals surface area contributed by atoms with Crippen molar-refractivity contribution in [2.75, 3.05) is 18.4 Å². The van der Waals surface area contributed by atoms with Crippen LogP contribution in [0.5, 0.6) is 0 Å². The third-order valence-electron chi connectivity index (χ3n) is 5.07. The molecule has 2 N–H and O–H groups in total. The van der Waals surface area contributed by atoms with Crippen molar-refractivity contribution < 1.29 is 9.59 Å². The molecule has 0 spiro atoms. The second-order valence-electron chi connectivity index (χ2n) is 6.81. The Morgan fingerprint density at radius 2 is 2.00 bits per heavy atom. The van der Waals surface area contributed by atoms with Gasteiger partial charge in [-0.25, -0.2) is 14.8 Å². The number of aromatic nitrogens is 2. The summed E-state index contributed by atoms with van der Waals surface area (Å²) in [5.41, 5.74) is 1.83. The Balaban J connectivity index is 1.48. The number of nitrogens with one attached hydrogen (secondary N) is 2. The van der Waals surface area contributed by atoms with E-state index in [-0.39, 0.29) is 11.9 Å². The topological polar surface area (TPSA) is 103 Å². The summed E-state index contributed by atoms with van der Waals surface area (Å²) >= 11 is 0. The first kappa shape index (κ1) is 18.9. The molecule has 2 unspecified atom stereocenters. The van der Waals surface area contributed by atoms with Gasteiger partial charge in [-0.3, -0.25) is 19.6 Å². The fourth-order valence-corrected chi connectivity index (χ4v) is 3.54. The van der Waals surface area contributed by atoms with Gasteiger partial charge < -0.3 is 10.6 Å². The molecule has 9 heteroatoms. The minimum Gasteiger partial charge on any atom is -0.366 e. The number of pyridine rings is 2. The molecule has 3 amide bonds. The van der Waals surface area contributed by atoms with Crippen molar-refractivity contribution in [2.24, 2.45) is 4.99 Å². The van der Waals surface area contributed by atoms with Crippen molar-refractivity contribution in [1.29, 1.82) is 0 Å². The van der Waals surface area contributed by atoms with E-state index in [0.717, 1.165) is 16.9 Å². The number of likely N-dealkylation sites (N-methyl/N-ethyl adjacent to an activating group) is 2. The molecule has 0 radical (unpaired) electrons. The van der Waals surface area contributed by atoms with Gasteiger partial charge in [0.15, 0.2) is 6.17 Å². The maximum absolute atomic E-state index is 12.7. The van der Waals surface area contributed by atoms with Crippen LogP contribution < -0.4 is 10.6 Å². The van der Waals surface area contributed by atoms with Crippen molar-refractivity contribution in [2.45, 2.75) is 32.6 Å². The molecule has 2 aliphatic heterocycles. The maximum atomic E-state index is 12.7. The molecule has 2 aliphatic rings. The minimum absolute atomic E-state index is 0.242. The number of amidine groups is 1. The lowest BCUT2D eigenvalue weighted by atomic mass is 10.1. The van der Waals surface area contributed by atoms with Crippen molar-refractivity contribution >= 4 is 23.6 Å². The maximum Gasteiger partial charge on any atom is 0.328 e. The first-order valence-corrected chi connectivity index (χ1v) is 9.68. The molecule has 0 aromatic carbocycles. The summed E-state index contributed by atoms with van der Waals surface area (Å²) in [4.78, 5) is 41.2. The lowest BCUT2D eigenvalue weighted by Gasteiger charge is -2.39. The summed E-state index contributed by atoms with van der Waals surface area (Å²) in [5.74, 6) is 1.06. The summed E-state index contributed by atoms with van der Waals surface area (Å²) in [6.07, 6.45) is 4.72. The Kier molecular flexibility index (Phi) is 5.11. The van der Waals surface area contributed by atoms with Crippen LogP contribution in [0.4, 0.5) is 10.6 Å². The lowest BCUT2D eigenvalue weighted by molar-refractivity contribution is -0.134. The largest absolute Gasteiger partial charge is 0.366 e. The predicted octanol–water partition coefficient (Wildman–Crippen LogP) is 1.44. The molecule has 1 saturated heterocycles. The number of carbonyl (C=O) groups excluding carboxylic acids is 2. The first-order chi connectivity index (χ1) is 14.1. The number of imide groups is 1. The van der Waals surface area contributed by atoms with Crippen LogP contribution >= 0.6 is 0 Å². The molecule has 9 nitrogen and oxygen atoms in total. The minimum atomic E-state index is -0.564. The SMILES string of the molecule is CCN1C(=O)C2NC(c3ccc(NCc4cccnc4)nc3)=NC2N(CC)C1=O. The summed E-state index contributed by atoms with van der Waals surface area (Å²) in [6.45, 7) is 5.13. The Morgan fingerprint density at radius 3 is 2.66 bits per heavy atom. The smallest absolute Gasteiger partial charge is 0.328 e. The number of urea groups is 1. The van der Waals surface area contributed by atoms with Gasteiger partial charge >= 0.3 is 6.03 Å². The summed E-state index contributed by atoms with van der Waals surface area (Å²) in [7, 11) is 0. The molecular weight excluding hydrogens is 370 g/mol. The Morgan fingerprint density at radius 1 is 1.14 bits per heavy atom. The highest BCUT2D eigenvalue weighted by atomic mass is 16.2. The fraction of sp³-hybridized carbons (Fsp3) is 0.350. The zero-order chi connectivity index (χ0) is 20.4. The number of anilines is 1. The van der Waals surface area contributed by atoms with E-state index in [2.05, 4.69) is 25.6 Å². The molecule has 1 fully saturated rings. The van der Waals surface area contributed by atoms with Gasteiger partial charge in [0.2, 0.25) is 0 Å². The molecule has 2 aromatic rings. The van der Waals surface area contributed by atoms with Crippen LogP contribution in [0.1, 0.15) is 25.0 Å². The Labute approximate surface area is 168 Å². The quantitative estimate of drug-likeness (QED) is 0.770. The Hall–Kier alpha value is -3.49. The highest BCUT2D eigenvalue weighted by Crippen LogP contribution is 2.24. The van der Waals surface area contributed by atoms with Crippen molar-refractivity contribution in [3.8, 4) is 0 Å². The zero-order valence-electron chi connectivity index (χ0n) is 16.4. The number of amides is 3. The van der Waals surface area contributed by atoms with Crippen LogP contribution in [-0.4, -0.2) is 62.8 Å². The molecule has 0 bridgehead atoms. The second kappa shape index (κ2) is 7.86. The summed E-state index contributed by atoms with van der Waals surface area (Å²) < 4.78 is 0. The number of aliphatic imine (C=N–C) groups is 1. The van der Waals surface area contributed by atoms with Crippen molar-refractivity contribution in [3.05, 3.63) is 54.0 Å². The van der Waals surface area contributed by atoms with Gasteiger partial charge in [-0.1, -0.05) is 6.07 Å². The van der Waals surface area contributed by atoms with E-state index in [1.807, 2.05) is 31.2 Å². The van der Waals surface area contributed by atoms with E-state index in [1.54, 1.807) is 30.4 Å². The average molecular weight is 393 g/mol. The van der Waals surface area contributed by atoms with Gasteiger partial charge in [-0.15, -0.1) is 0 Å². The molecular formula is C20H23N7O2. The molecule has 0 saturated carbocycles. The zero-order valence-corrected chi connectivity index (χ0v) is 16.4. The van der Waals surface area contributed by atoms with Gasteiger partial charge in [0.05, 0.1) is 0 Å². The third-order valence-corrected chi connectivity index (χ3v) is 5.07. The highest BCUT2D eigenvalue weighted by molar-refractivity contribution is 6.08. The van der Waals surface area contributed by atoms with E-state index in [1.165, 1.54) is 4.90 Å². The predicted molar refractivity (Wildman–Crippen MR) is 108 cm³/mol. The standard InChI is InChI=1S/C20H23N7O2/c1-3-26-18-16(19(28)27(4-2)20(26)29)24-17(25-18)14-7-8-15(23-12-14)22-11-13-6-5-9-21-10-13/h5-10,12,16,18H,3-4,11H2,1-2H3,(H,22,23)(H,24,25). The number of carbonyl (C=O) groups is 2. The number of hydrogen-bond acceptors (Lipinski definition) is 7. The van der Waals surface area contributed by atoms with Gasteiger partial charge in [0, 0.05) is 43.8 Å². The number of nitrogens with zero attached hydrogens (tertiary/aromatic N) is 5. The van der Waals surface area contributed by atoms with Crippen molar-refractivity contribution in [3.63, 3.8) is 0 Å². The molecule has 2 aromatic heterocycles. The van der Waals surface area contributed by atoms with Gasteiger partial charge in [0.25, 0.3) is 5.91 Å². The lowest BCUT2D eigenvalue weighted by Crippen LogP contribution is -2.65. The summed E-state index contributed by atoms with van der Waals surface area (Å²) in [5, 5.41) is 6.43. The molecule has 150 valence electrons. The van der Waals surface area contributed by atoms with Crippen LogP contribution in [-0.2, 0) is 11.3 Å². The van der Waals surface area contributed by atoms with E-state index in [9.17, 15) is 9.59 Å².